The zero-order valence-electron chi connectivity index (χ0n) is 23.4. The Bertz CT molecular complexity index is 1530. The number of amides is 2. The highest BCUT2D eigenvalue weighted by atomic mass is 35.5. The van der Waals surface area contributed by atoms with E-state index >= 15 is 4.39 Å². The number of anilines is 4. The first-order valence-electron chi connectivity index (χ1n) is 12.4. The van der Waals surface area contributed by atoms with Crippen LogP contribution in [0.25, 0.3) is 0 Å². The second kappa shape index (κ2) is 13.5. The number of nitrogens with one attached hydrogen (secondary N) is 2. The molecule has 42 heavy (non-hydrogen) atoms. The van der Waals surface area contributed by atoms with Crippen molar-refractivity contribution in [3.8, 4) is 0 Å². The Morgan fingerprint density at radius 2 is 1.86 bits per heavy atom. The number of hydrogen-bond acceptors (Lipinski definition) is 10. The molecule has 0 bridgehead atoms. The van der Waals surface area contributed by atoms with Crippen LogP contribution >= 0.6 is 22.9 Å². The summed E-state index contributed by atoms with van der Waals surface area (Å²) in [5.74, 6) is -2.02. The summed E-state index contributed by atoms with van der Waals surface area (Å²) in [6, 6.07) is 5.56. The van der Waals surface area contributed by atoms with Gasteiger partial charge in [-0.05, 0) is 51.5 Å². The molecule has 1 aromatic heterocycles. The number of thiazole rings is 1. The van der Waals surface area contributed by atoms with Gasteiger partial charge in [0.25, 0.3) is 10.0 Å². The van der Waals surface area contributed by atoms with Gasteiger partial charge in [0.2, 0.25) is 0 Å². The summed E-state index contributed by atoms with van der Waals surface area (Å²) in [6.45, 7) is 5.14. The zero-order chi connectivity index (χ0) is 31.2. The monoisotopic (exact) mass is 645 g/mol. The van der Waals surface area contributed by atoms with Crippen LogP contribution in [0.4, 0.5) is 41.2 Å². The van der Waals surface area contributed by atoms with Crippen molar-refractivity contribution in [2.45, 2.75) is 37.7 Å². The number of nitrogens with zero attached hydrogens (tertiary/aromatic N) is 3. The number of halogens is 3. The molecule has 0 spiro atoms. The maximum Gasteiger partial charge on any atom is 0.430 e. The molecule has 3 aromatic rings. The first-order chi connectivity index (χ1) is 19.6. The Balaban J connectivity index is 1.92. The largest absolute Gasteiger partial charge is 0.449 e. The summed E-state index contributed by atoms with van der Waals surface area (Å²) in [5.41, 5.74) is 0.950. The van der Waals surface area contributed by atoms with Crippen molar-refractivity contribution < 1.29 is 36.3 Å². The summed E-state index contributed by atoms with van der Waals surface area (Å²) >= 11 is 7.43. The Labute approximate surface area is 251 Å². The molecule has 2 aromatic carbocycles. The Kier molecular flexibility index (Phi) is 10.6. The van der Waals surface area contributed by atoms with E-state index in [1.807, 2.05) is 0 Å². The summed E-state index contributed by atoms with van der Waals surface area (Å²) in [5, 5.41) is 6.35. The lowest BCUT2D eigenvalue weighted by atomic mass is 10.2. The second-order valence-corrected chi connectivity index (χ2v) is 12.7. The van der Waals surface area contributed by atoms with Gasteiger partial charge in [0, 0.05) is 32.1 Å². The molecule has 0 unspecified atom stereocenters. The van der Waals surface area contributed by atoms with E-state index in [1.165, 1.54) is 36.1 Å². The minimum atomic E-state index is -4.87. The van der Waals surface area contributed by atoms with Gasteiger partial charge in [0.15, 0.2) is 5.82 Å². The lowest BCUT2D eigenvalue weighted by molar-refractivity contribution is 0.0608. The quantitative estimate of drug-likeness (QED) is 0.250. The first kappa shape index (κ1) is 32.8. The third-order valence-electron chi connectivity index (χ3n) is 5.44. The predicted molar refractivity (Wildman–Crippen MR) is 157 cm³/mol. The van der Waals surface area contributed by atoms with Crippen LogP contribution in [-0.4, -0.2) is 58.4 Å². The lowest BCUT2D eigenvalue weighted by Gasteiger charge is -2.26. The number of carbonyl (C=O) groups is 2. The van der Waals surface area contributed by atoms with E-state index in [9.17, 15) is 22.4 Å². The smallest absolute Gasteiger partial charge is 0.430 e. The van der Waals surface area contributed by atoms with Crippen LogP contribution in [-0.2, 0) is 19.5 Å². The highest BCUT2D eigenvalue weighted by Gasteiger charge is 2.38. The van der Waals surface area contributed by atoms with Crippen molar-refractivity contribution in [1.82, 2.24) is 10.3 Å². The van der Waals surface area contributed by atoms with E-state index in [1.54, 1.807) is 32.7 Å². The third kappa shape index (κ3) is 8.20. The van der Waals surface area contributed by atoms with E-state index in [2.05, 4.69) is 15.6 Å². The normalized spacial score (nSPS) is 11.5. The van der Waals surface area contributed by atoms with Crippen LogP contribution in [0.15, 0.2) is 46.1 Å². The molecule has 0 aliphatic carbocycles. The van der Waals surface area contributed by atoms with Crippen molar-refractivity contribution in [2.75, 3.05) is 41.8 Å². The van der Waals surface area contributed by atoms with Crippen LogP contribution in [0.5, 0.6) is 0 Å². The third-order valence-corrected chi connectivity index (χ3v) is 8.01. The molecule has 0 atom stereocenters. The Morgan fingerprint density at radius 3 is 2.48 bits per heavy atom. The van der Waals surface area contributed by atoms with Crippen LogP contribution in [0.2, 0.25) is 5.02 Å². The molecule has 2 amide bonds. The Hall–Kier alpha value is -3.69. The summed E-state index contributed by atoms with van der Waals surface area (Å²) in [7, 11) is -1.75. The van der Waals surface area contributed by atoms with Crippen molar-refractivity contribution in [3.05, 3.63) is 57.9 Å². The molecule has 0 aliphatic rings. The van der Waals surface area contributed by atoms with Gasteiger partial charge in [-0.2, -0.15) is 0 Å². The molecule has 0 saturated carbocycles. The minimum Gasteiger partial charge on any atom is -0.449 e. The first-order valence-corrected chi connectivity index (χ1v) is 15.2. The number of benzene rings is 2. The number of aromatic nitrogens is 1. The average Bonchev–Trinajstić information content (AvgIpc) is 3.41. The highest BCUT2D eigenvalue weighted by Crippen LogP contribution is 2.36. The van der Waals surface area contributed by atoms with Crippen molar-refractivity contribution in [2.24, 2.45) is 0 Å². The molecule has 3 rings (SSSR count). The van der Waals surface area contributed by atoms with Gasteiger partial charge in [-0.25, -0.2) is 31.8 Å². The van der Waals surface area contributed by atoms with Gasteiger partial charge in [0.1, 0.15) is 22.1 Å². The van der Waals surface area contributed by atoms with Crippen molar-refractivity contribution >= 4 is 68.0 Å². The van der Waals surface area contributed by atoms with E-state index in [-0.39, 0.29) is 27.4 Å². The predicted octanol–water partition coefficient (Wildman–Crippen LogP) is 6.13. The molecule has 228 valence electrons. The van der Waals surface area contributed by atoms with E-state index in [4.69, 9.17) is 21.1 Å². The van der Waals surface area contributed by atoms with Gasteiger partial charge < -0.3 is 25.0 Å². The van der Waals surface area contributed by atoms with Crippen LogP contribution < -0.4 is 19.8 Å². The number of hydrogen-bond donors (Lipinski definition) is 2. The summed E-state index contributed by atoms with van der Waals surface area (Å²) in [6.07, 6.45) is -1.42. The van der Waals surface area contributed by atoms with Crippen molar-refractivity contribution in [3.63, 3.8) is 0 Å². The number of alkyl carbamates (subject to hydrolysis) is 1. The molecule has 0 fully saturated rings. The summed E-state index contributed by atoms with van der Waals surface area (Å²) in [4.78, 5) is 28.9. The number of sulfonamides is 1. The minimum absolute atomic E-state index is 0.0187. The van der Waals surface area contributed by atoms with Crippen LogP contribution in [0, 0.1) is 11.6 Å². The lowest BCUT2D eigenvalue weighted by Crippen LogP contribution is -2.41. The number of ether oxygens (including phenoxy) is 2. The fourth-order valence-electron chi connectivity index (χ4n) is 3.58. The van der Waals surface area contributed by atoms with E-state index in [0.29, 0.717) is 24.3 Å². The highest BCUT2D eigenvalue weighted by molar-refractivity contribution is 7.93. The topological polar surface area (TPSA) is 130 Å². The van der Waals surface area contributed by atoms with E-state index in [0.717, 1.165) is 23.5 Å². The molecule has 16 heteroatoms. The van der Waals surface area contributed by atoms with Gasteiger partial charge in [-0.3, -0.25) is 0 Å². The summed E-state index contributed by atoms with van der Waals surface area (Å²) < 4.78 is 67.2. The van der Waals surface area contributed by atoms with Crippen molar-refractivity contribution in [1.29, 1.82) is 0 Å². The molecular formula is C26H30ClF2N5O6S2. The van der Waals surface area contributed by atoms with E-state index < -0.39 is 44.3 Å². The maximum atomic E-state index is 15.5. The van der Waals surface area contributed by atoms with Gasteiger partial charge in [0.05, 0.1) is 34.2 Å². The SMILES string of the molecule is CNC(=O)OCCCN(C)c1cc(F)ccc1Nc1cc(F)c(S(=O)(=O)N(C(=O)OC(C)(C)C)c2cscn2)cc1Cl. The van der Waals surface area contributed by atoms with Gasteiger partial charge in [-0.1, -0.05) is 11.6 Å². The molecule has 0 aliphatic heterocycles. The fraction of sp³-hybridized carbons (Fsp3) is 0.346. The molecule has 0 radical (unpaired) electrons. The molecule has 11 nitrogen and oxygen atoms in total. The molecular weight excluding hydrogens is 616 g/mol. The van der Waals surface area contributed by atoms with Gasteiger partial charge >= 0.3 is 12.2 Å². The number of carbonyl (C=O) groups excluding carboxylic acids is 2. The van der Waals surface area contributed by atoms with Gasteiger partial charge in [-0.15, -0.1) is 15.6 Å². The number of rotatable bonds is 10. The Morgan fingerprint density at radius 1 is 1.14 bits per heavy atom. The second-order valence-electron chi connectivity index (χ2n) is 9.81. The zero-order valence-corrected chi connectivity index (χ0v) is 25.8. The maximum absolute atomic E-state index is 15.5. The fourth-order valence-corrected chi connectivity index (χ4v) is 5.78. The average molecular weight is 646 g/mol. The molecule has 0 saturated heterocycles. The van der Waals surface area contributed by atoms with Crippen LogP contribution in [0.1, 0.15) is 27.2 Å². The molecule has 1 heterocycles. The molecule has 2 N–H and O–H groups in total. The standard InChI is InChI=1S/C26H30ClF2N5O6S2/c1-26(2,3)40-25(36)34(23-14-41-15-31-23)42(37,38)22-12-17(27)20(13-18(22)29)32-19-8-7-16(28)11-21(19)33(5)9-6-10-39-24(35)30-4/h7-8,11-15,32H,6,9-10H2,1-5H3,(H,30,35). The van der Waals surface area contributed by atoms with Crippen LogP contribution in [0.3, 0.4) is 0 Å².